The number of methoxy groups -OCH3 is 1. The number of pyridine rings is 1. The summed E-state index contributed by atoms with van der Waals surface area (Å²) >= 11 is 6.17. The van der Waals surface area contributed by atoms with Crippen molar-refractivity contribution in [2.45, 2.75) is 19.8 Å². The summed E-state index contributed by atoms with van der Waals surface area (Å²) in [6.07, 6.45) is 3.02. The summed E-state index contributed by atoms with van der Waals surface area (Å²) in [7, 11) is 1.62. The third kappa shape index (κ3) is 4.28. The Bertz CT molecular complexity index is 1180. The van der Waals surface area contributed by atoms with Crippen molar-refractivity contribution in [3.8, 4) is 11.8 Å². The summed E-state index contributed by atoms with van der Waals surface area (Å²) in [4.78, 5) is 19.4. The normalized spacial score (nSPS) is 14.3. The van der Waals surface area contributed by atoms with Crippen LogP contribution in [0.2, 0.25) is 5.02 Å². The maximum absolute atomic E-state index is 12.8. The number of amides is 1. The summed E-state index contributed by atoms with van der Waals surface area (Å²) in [5.74, 6) is 0.640. The molecule has 0 atom stereocenters. The fourth-order valence-corrected chi connectivity index (χ4v) is 4.17. The largest absolute Gasteiger partial charge is 0.497 e. The SMILES string of the molecule is COc1ccc2c(N3CCC(C(=O)Nc4ccc(C)c(Cl)c4)CC3)c(C#N)cnc2c1. The van der Waals surface area contributed by atoms with Gasteiger partial charge in [0, 0.05) is 47.4 Å². The van der Waals surface area contributed by atoms with Crippen molar-refractivity contribution >= 4 is 39.8 Å². The van der Waals surface area contributed by atoms with Crippen LogP contribution in [0.15, 0.2) is 42.6 Å². The monoisotopic (exact) mass is 434 g/mol. The molecule has 0 radical (unpaired) electrons. The molecule has 1 aliphatic heterocycles. The van der Waals surface area contributed by atoms with Gasteiger partial charge in [0.15, 0.2) is 0 Å². The van der Waals surface area contributed by atoms with Gasteiger partial charge in [0.1, 0.15) is 11.8 Å². The number of benzene rings is 2. The molecule has 1 saturated heterocycles. The van der Waals surface area contributed by atoms with Gasteiger partial charge in [-0.15, -0.1) is 0 Å². The molecule has 31 heavy (non-hydrogen) atoms. The minimum absolute atomic E-state index is 0.00407. The van der Waals surface area contributed by atoms with Crippen molar-refractivity contribution in [3.05, 3.63) is 58.7 Å². The quantitative estimate of drug-likeness (QED) is 0.629. The van der Waals surface area contributed by atoms with Gasteiger partial charge >= 0.3 is 0 Å². The van der Waals surface area contributed by atoms with Gasteiger partial charge in [-0.1, -0.05) is 17.7 Å². The van der Waals surface area contributed by atoms with Crippen LogP contribution in [-0.2, 0) is 4.79 Å². The molecule has 3 aromatic rings. The molecular weight excluding hydrogens is 412 g/mol. The van der Waals surface area contributed by atoms with Crippen molar-refractivity contribution in [1.29, 1.82) is 5.26 Å². The van der Waals surface area contributed by atoms with Crippen LogP contribution >= 0.6 is 11.6 Å². The molecule has 1 aromatic heterocycles. The van der Waals surface area contributed by atoms with E-state index in [1.165, 1.54) is 0 Å². The van der Waals surface area contributed by atoms with E-state index in [-0.39, 0.29) is 11.8 Å². The van der Waals surface area contributed by atoms with E-state index in [4.69, 9.17) is 16.3 Å². The molecule has 0 saturated carbocycles. The minimum atomic E-state index is -0.0879. The van der Waals surface area contributed by atoms with E-state index in [1.807, 2.05) is 37.3 Å². The number of hydrogen-bond donors (Lipinski definition) is 1. The Kier molecular flexibility index (Phi) is 5.97. The van der Waals surface area contributed by atoms with Gasteiger partial charge < -0.3 is 15.0 Å². The molecule has 1 fully saturated rings. The highest BCUT2D eigenvalue weighted by Crippen LogP contribution is 2.34. The number of rotatable bonds is 4. The molecule has 0 spiro atoms. The van der Waals surface area contributed by atoms with Gasteiger partial charge in [-0.25, -0.2) is 0 Å². The Labute approximate surface area is 186 Å². The standard InChI is InChI=1S/C24H23ClN4O2/c1-15-3-4-18(11-21(15)25)28-24(30)16-7-9-29(10-8-16)23-17(13-26)14-27-22-12-19(31-2)5-6-20(22)23/h3-6,11-12,14,16H,7-10H2,1-2H3,(H,28,30). The first kappa shape index (κ1) is 21.0. The number of nitrogens with zero attached hydrogens (tertiary/aromatic N) is 3. The number of aromatic nitrogens is 1. The number of nitrogens with one attached hydrogen (secondary N) is 1. The topological polar surface area (TPSA) is 78.2 Å². The number of halogens is 1. The molecule has 1 N–H and O–H groups in total. The molecule has 1 amide bonds. The van der Waals surface area contributed by atoms with E-state index >= 15 is 0 Å². The van der Waals surface area contributed by atoms with Gasteiger partial charge in [-0.2, -0.15) is 5.26 Å². The zero-order valence-electron chi connectivity index (χ0n) is 17.5. The van der Waals surface area contributed by atoms with Crippen LogP contribution in [0, 0.1) is 24.2 Å². The van der Waals surface area contributed by atoms with E-state index in [9.17, 15) is 10.1 Å². The number of piperidine rings is 1. The van der Waals surface area contributed by atoms with E-state index < -0.39 is 0 Å². The summed E-state index contributed by atoms with van der Waals surface area (Å²) in [5.41, 5.74) is 3.88. The number of carbonyl (C=O) groups is 1. The molecule has 0 unspecified atom stereocenters. The van der Waals surface area contributed by atoms with Crippen LogP contribution in [0.5, 0.6) is 5.75 Å². The first-order valence-electron chi connectivity index (χ1n) is 10.2. The van der Waals surface area contributed by atoms with E-state index in [0.29, 0.717) is 42.2 Å². The third-order valence-corrected chi connectivity index (χ3v) is 6.20. The van der Waals surface area contributed by atoms with Gasteiger partial charge in [0.05, 0.1) is 23.9 Å². The number of ether oxygens (including phenoxy) is 1. The van der Waals surface area contributed by atoms with Gasteiger partial charge in [0.2, 0.25) is 5.91 Å². The fourth-order valence-electron chi connectivity index (χ4n) is 3.99. The van der Waals surface area contributed by atoms with Gasteiger partial charge in [0.25, 0.3) is 0 Å². The second-order valence-corrected chi connectivity index (χ2v) is 8.14. The minimum Gasteiger partial charge on any atom is -0.497 e. The highest BCUT2D eigenvalue weighted by molar-refractivity contribution is 6.31. The van der Waals surface area contributed by atoms with Crippen LogP contribution in [0.25, 0.3) is 10.9 Å². The highest BCUT2D eigenvalue weighted by atomic mass is 35.5. The second-order valence-electron chi connectivity index (χ2n) is 7.73. The number of anilines is 2. The maximum atomic E-state index is 12.8. The molecule has 7 heteroatoms. The Hall–Kier alpha value is -3.30. The lowest BCUT2D eigenvalue weighted by atomic mass is 9.94. The predicted octanol–water partition coefficient (Wildman–Crippen LogP) is 4.93. The summed E-state index contributed by atoms with van der Waals surface area (Å²) in [6.45, 7) is 3.30. The Morgan fingerprint density at radius 3 is 2.71 bits per heavy atom. The van der Waals surface area contributed by atoms with Crippen molar-refractivity contribution in [3.63, 3.8) is 0 Å². The number of carbonyl (C=O) groups excluding carboxylic acids is 1. The van der Waals surface area contributed by atoms with Crippen molar-refractivity contribution in [2.24, 2.45) is 5.92 Å². The highest BCUT2D eigenvalue weighted by Gasteiger charge is 2.27. The summed E-state index contributed by atoms with van der Waals surface area (Å²) < 4.78 is 5.30. The van der Waals surface area contributed by atoms with Crippen LogP contribution in [0.3, 0.4) is 0 Å². The van der Waals surface area contributed by atoms with Crippen molar-refractivity contribution in [1.82, 2.24) is 4.98 Å². The molecule has 0 bridgehead atoms. The van der Waals surface area contributed by atoms with E-state index in [2.05, 4.69) is 21.3 Å². The average molecular weight is 435 g/mol. The zero-order valence-corrected chi connectivity index (χ0v) is 18.2. The predicted molar refractivity (Wildman–Crippen MR) is 123 cm³/mol. The van der Waals surface area contributed by atoms with Crippen LogP contribution < -0.4 is 15.0 Å². The number of aryl methyl sites for hydroxylation is 1. The lowest BCUT2D eigenvalue weighted by Gasteiger charge is -2.34. The van der Waals surface area contributed by atoms with Gasteiger partial charge in [-0.05, 0) is 49.6 Å². The van der Waals surface area contributed by atoms with Crippen LogP contribution in [0.4, 0.5) is 11.4 Å². The third-order valence-electron chi connectivity index (χ3n) is 5.79. The fraction of sp³-hybridized carbons (Fsp3) is 0.292. The average Bonchev–Trinajstić information content (AvgIpc) is 2.80. The van der Waals surface area contributed by atoms with Crippen molar-refractivity contribution in [2.75, 3.05) is 30.4 Å². The Morgan fingerprint density at radius 2 is 2.03 bits per heavy atom. The zero-order chi connectivity index (χ0) is 22.0. The molecule has 0 aliphatic carbocycles. The molecule has 2 heterocycles. The van der Waals surface area contributed by atoms with Crippen LogP contribution in [-0.4, -0.2) is 31.1 Å². The molecule has 2 aromatic carbocycles. The molecule has 1 aliphatic rings. The van der Waals surface area contributed by atoms with Crippen LogP contribution in [0.1, 0.15) is 24.0 Å². The molecule has 158 valence electrons. The molecular formula is C24H23ClN4O2. The smallest absolute Gasteiger partial charge is 0.227 e. The molecule has 6 nitrogen and oxygen atoms in total. The summed E-state index contributed by atoms with van der Waals surface area (Å²) in [5, 5.41) is 14.2. The Balaban J connectivity index is 1.50. The first-order chi connectivity index (χ1) is 15.0. The summed E-state index contributed by atoms with van der Waals surface area (Å²) in [6, 6.07) is 13.5. The van der Waals surface area contributed by atoms with E-state index in [0.717, 1.165) is 27.9 Å². The lowest BCUT2D eigenvalue weighted by molar-refractivity contribution is -0.120. The number of nitriles is 1. The second kappa shape index (κ2) is 8.83. The first-order valence-corrected chi connectivity index (χ1v) is 10.6. The number of hydrogen-bond acceptors (Lipinski definition) is 5. The Morgan fingerprint density at radius 1 is 1.26 bits per heavy atom. The number of fused-ring (bicyclic) bond motifs is 1. The molecule has 4 rings (SSSR count). The van der Waals surface area contributed by atoms with E-state index in [1.54, 1.807) is 19.4 Å². The van der Waals surface area contributed by atoms with Gasteiger partial charge in [-0.3, -0.25) is 9.78 Å². The van der Waals surface area contributed by atoms with Crippen molar-refractivity contribution < 1.29 is 9.53 Å². The lowest BCUT2D eigenvalue weighted by Crippen LogP contribution is -2.38. The maximum Gasteiger partial charge on any atom is 0.227 e.